The van der Waals surface area contributed by atoms with Crippen molar-refractivity contribution in [3.05, 3.63) is 22.4 Å². The van der Waals surface area contributed by atoms with Gasteiger partial charge < -0.3 is 10.2 Å². The molecule has 1 rings (SSSR count). The number of thiophene rings is 1. The molecule has 0 aliphatic rings. The topological polar surface area (TPSA) is 15.3 Å². The Hall–Kier alpha value is -0.380. The van der Waals surface area contributed by atoms with E-state index < -0.39 is 0 Å². The lowest BCUT2D eigenvalue weighted by molar-refractivity contribution is 0.144. The van der Waals surface area contributed by atoms with Gasteiger partial charge in [-0.3, -0.25) is 0 Å². The number of hydrogen-bond acceptors (Lipinski definition) is 3. The number of rotatable bonds is 9. The molecule has 19 heavy (non-hydrogen) atoms. The molecule has 2 atom stereocenters. The van der Waals surface area contributed by atoms with Crippen LogP contribution in [0.4, 0.5) is 0 Å². The van der Waals surface area contributed by atoms with Gasteiger partial charge in [-0.15, -0.1) is 11.3 Å². The van der Waals surface area contributed by atoms with Gasteiger partial charge in [-0.1, -0.05) is 26.3 Å². The highest BCUT2D eigenvalue weighted by molar-refractivity contribution is 7.09. The van der Waals surface area contributed by atoms with Crippen molar-refractivity contribution in [3.63, 3.8) is 0 Å². The van der Waals surface area contributed by atoms with Gasteiger partial charge in [-0.2, -0.15) is 0 Å². The van der Waals surface area contributed by atoms with Crippen LogP contribution < -0.4 is 5.32 Å². The van der Waals surface area contributed by atoms with E-state index in [1.807, 2.05) is 11.3 Å². The van der Waals surface area contributed by atoms with Gasteiger partial charge in [0.25, 0.3) is 0 Å². The van der Waals surface area contributed by atoms with Crippen LogP contribution in [0.2, 0.25) is 0 Å². The summed E-state index contributed by atoms with van der Waals surface area (Å²) in [4.78, 5) is 4.01. The van der Waals surface area contributed by atoms with E-state index in [4.69, 9.17) is 0 Å². The van der Waals surface area contributed by atoms with Crippen LogP contribution >= 0.6 is 11.3 Å². The molecule has 0 saturated heterocycles. The van der Waals surface area contributed by atoms with E-state index in [1.165, 1.54) is 17.7 Å². The number of likely N-dealkylation sites (N-methyl/N-ethyl adjacent to an activating group) is 1. The molecule has 0 saturated carbocycles. The second-order valence-electron chi connectivity index (χ2n) is 6.14. The summed E-state index contributed by atoms with van der Waals surface area (Å²) in [6.07, 6.45) is 3.70. The highest BCUT2D eigenvalue weighted by Crippen LogP contribution is 2.25. The predicted molar refractivity (Wildman–Crippen MR) is 87.1 cm³/mol. The van der Waals surface area contributed by atoms with E-state index in [2.05, 4.69) is 62.6 Å². The highest BCUT2D eigenvalue weighted by Gasteiger charge is 2.26. The molecule has 0 aromatic carbocycles. The molecule has 0 bridgehead atoms. The predicted octanol–water partition coefficient (Wildman–Crippen LogP) is 3.64. The fourth-order valence-corrected chi connectivity index (χ4v) is 3.71. The second-order valence-corrected chi connectivity index (χ2v) is 7.17. The second kappa shape index (κ2) is 8.03. The maximum atomic E-state index is 3.36. The molecule has 0 aliphatic carbocycles. The Morgan fingerprint density at radius 1 is 1.47 bits per heavy atom. The van der Waals surface area contributed by atoms with Gasteiger partial charge in [0.05, 0.1) is 0 Å². The first-order valence-electron chi connectivity index (χ1n) is 7.38. The summed E-state index contributed by atoms with van der Waals surface area (Å²) in [5.41, 5.74) is 0.377. The molecule has 0 amide bonds. The lowest BCUT2D eigenvalue weighted by Gasteiger charge is -2.36. The molecule has 0 fully saturated rings. The third kappa shape index (κ3) is 5.64. The molecule has 2 nitrogen and oxygen atoms in total. The largest absolute Gasteiger partial charge is 0.319 e. The fraction of sp³-hybridized carbons (Fsp3) is 0.750. The number of hydrogen-bond donors (Lipinski definition) is 1. The van der Waals surface area contributed by atoms with Gasteiger partial charge in [-0.05, 0) is 50.7 Å². The van der Waals surface area contributed by atoms with E-state index in [9.17, 15) is 0 Å². The maximum Gasteiger partial charge on any atom is 0.0112 e. The Bertz CT molecular complexity index is 329. The van der Waals surface area contributed by atoms with Gasteiger partial charge in [0.2, 0.25) is 0 Å². The monoisotopic (exact) mass is 282 g/mol. The summed E-state index contributed by atoms with van der Waals surface area (Å²) >= 11 is 1.87. The van der Waals surface area contributed by atoms with Gasteiger partial charge in [0.1, 0.15) is 0 Å². The SMILES string of the molecule is CCCC(C)(CNC)CN(C)C(C)Cc1cccs1. The van der Waals surface area contributed by atoms with Gasteiger partial charge >= 0.3 is 0 Å². The van der Waals surface area contributed by atoms with Crippen LogP contribution in [0.15, 0.2) is 17.5 Å². The van der Waals surface area contributed by atoms with Crippen molar-refractivity contribution in [1.82, 2.24) is 10.2 Å². The Kier molecular flexibility index (Phi) is 7.05. The molecular formula is C16H30N2S. The van der Waals surface area contributed by atoms with Crippen LogP contribution in [0.1, 0.15) is 38.5 Å². The van der Waals surface area contributed by atoms with Gasteiger partial charge in [-0.25, -0.2) is 0 Å². The van der Waals surface area contributed by atoms with Crippen molar-refractivity contribution in [1.29, 1.82) is 0 Å². The first kappa shape index (κ1) is 16.7. The zero-order chi connectivity index (χ0) is 14.3. The molecule has 1 N–H and O–H groups in total. The van der Waals surface area contributed by atoms with Crippen LogP contribution in [0.5, 0.6) is 0 Å². The minimum Gasteiger partial charge on any atom is -0.319 e. The van der Waals surface area contributed by atoms with Crippen LogP contribution in [0.25, 0.3) is 0 Å². The Morgan fingerprint density at radius 2 is 2.21 bits per heavy atom. The lowest BCUT2D eigenvalue weighted by atomic mass is 9.84. The number of nitrogens with one attached hydrogen (secondary N) is 1. The average molecular weight is 282 g/mol. The summed E-state index contributed by atoms with van der Waals surface area (Å²) in [5.74, 6) is 0. The fourth-order valence-electron chi connectivity index (χ4n) is 2.89. The van der Waals surface area contributed by atoms with Gasteiger partial charge in [0, 0.05) is 24.0 Å². The highest BCUT2D eigenvalue weighted by atomic mass is 32.1. The first-order valence-corrected chi connectivity index (χ1v) is 8.26. The van der Waals surface area contributed by atoms with Crippen molar-refractivity contribution in [2.45, 2.75) is 46.1 Å². The lowest BCUT2D eigenvalue weighted by Crippen LogP contribution is -2.43. The minimum atomic E-state index is 0.377. The smallest absolute Gasteiger partial charge is 0.0112 e. The van der Waals surface area contributed by atoms with E-state index in [1.54, 1.807) is 0 Å². The molecule has 2 unspecified atom stereocenters. The molecular weight excluding hydrogens is 252 g/mol. The summed E-state index contributed by atoms with van der Waals surface area (Å²) in [6, 6.07) is 5.00. The van der Waals surface area contributed by atoms with E-state index in [-0.39, 0.29) is 0 Å². The Labute approximate surface area is 123 Å². The summed E-state index contributed by atoms with van der Waals surface area (Å²) in [5, 5.41) is 5.53. The van der Waals surface area contributed by atoms with Crippen molar-refractivity contribution >= 4 is 11.3 Å². The van der Waals surface area contributed by atoms with Crippen LogP contribution in [-0.4, -0.2) is 38.1 Å². The first-order chi connectivity index (χ1) is 9.00. The normalized spacial score (nSPS) is 16.5. The standard InChI is InChI=1S/C16H30N2S/c1-6-9-16(3,12-17-4)13-18(5)14(2)11-15-8-7-10-19-15/h7-8,10,14,17H,6,9,11-13H2,1-5H3. The third-order valence-corrected chi connectivity index (χ3v) is 4.82. The minimum absolute atomic E-state index is 0.377. The van der Waals surface area contributed by atoms with Crippen LogP contribution in [0.3, 0.4) is 0 Å². The molecule has 110 valence electrons. The summed E-state index contributed by atoms with van der Waals surface area (Å²) < 4.78 is 0. The molecule has 1 aromatic heterocycles. The Morgan fingerprint density at radius 3 is 2.74 bits per heavy atom. The van der Waals surface area contributed by atoms with E-state index in [0.29, 0.717) is 11.5 Å². The quantitative estimate of drug-likeness (QED) is 0.744. The molecule has 0 spiro atoms. The summed E-state index contributed by atoms with van der Waals surface area (Å²) in [6.45, 7) is 9.28. The van der Waals surface area contributed by atoms with Crippen molar-refractivity contribution in [3.8, 4) is 0 Å². The molecule has 1 heterocycles. The van der Waals surface area contributed by atoms with Crippen LogP contribution in [0, 0.1) is 5.41 Å². The molecule has 0 aliphatic heterocycles. The molecule has 0 radical (unpaired) electrons. The maximum absolute atomic E-state index is 3.36. The average Bonchev–Trinajstić information content (AvgIpc) is 2.82. The molecule has 3 heteroatoms. The molecule has 1 aromatic rings. The zero-order valence-electron chi connectivity index (χ0n) is 13.2. The summed E-state index contributed by atoms with van der Waals surface area (Å²) in [7, 11) is 4.32. The Balaban J connectivity index is 2.53. The zero-order valence-corrected chi connectivity index (χ0v) is 14.0. The van der Waals surface area contributed by atoms with E-state index >= 15 is 0 Å². The van der Waals surface area contributed by atoms with Crippen molar-refractivity contribution in [2.75, 3.05) is 27.2 Å². The van der Waals surface area contributed by atoms with E-state index in [0.717, 1.165) is 19.5 Å². The van der Waals surface area contributed by atoms with Crippen LogP contribution in [-0.2, 0) is 6.42 Å². The van der Waals surface area contributed by atoms with Gasteiger partial charge in [0.15, 0.2) is 0 Å². The number of nitrogens with zero attached hydrogens (tertiary/aromatic N) is 1. The van der Waals surface area contributed by atoms with Crippen molar-refractivity contribution in [2.24, 2.45) is 5.41 Å². The van der Waals surface area contributed by atoms with Crippen molar-refractivity contribution < 1.29 is 0 Å². The third-order valence-electron chi connectivity index (χ3n) is 3.92.